The van der Waals surface area contributed by atoms with E-state index in [1.165, 1.54) is 6.26 Å². The van der Waals surface area contributed by atoms with Gasteiger partial charge >= 0.3 is 0 Å². The molecule has 96 valence electrons. The molecule has 1 unspecified atom stereocenters. The van der Waals surface area contributed by atoms with Crippen molar-refractivity contribution in [2.45, 2.75) is 10.9 Å². The second-order valence-corrected chi connectivity index (χ2v) is 6.21. The minimum Gasteiger partial charge on any atom is -0.319 e. The van der Waals surface area contributed by atoms with Gasteiger partial charge in [0.1, 0.15) is 0 Å². The Kier molecular flexibility index (Phi) is 3.23. The van der Waals surface area contributed by atoms with E-state index in [4.69, 9.17) is 5.73 Å². The lowest BCUT2D eigenvalue weighted by Crippen LogP contribution is -2.16. The second-order valence-electron chi connectivity index (χ2n) is 4.20. The molecule has 2 N–H and O–H groups in total. The van der Waals surface area contributed by atoms with Crippen LogP contribution in [0.1, 0.15) is 17.3 Å². The van der Waals surface area contributed by atoms with Crippen LogP contribution >= 0.6 is 0 Å². The molecule has 0 amide bonds. The van der Waals surface area contributed by atoms with E-state index in [2.05, 4.69) is 5.10 Å². The highest BCUT2D eigenvalue weighted by Crippen LogP contribution is 2.20. The molecular formula is C12H15N3O2S. The van der Waals surface area contributed by atoms with Gasteiger partial charge in [0.2, 0.25) is 0 Å². The number of rotatable bonds is 3. The molecule has 0 radical (unpaired) electrons. The third-order valence-corrected chi connectivity index (χ3v) is 3.97. The predicted octanol–water partition coefficient (Wildman–Crippen LogP) is 0.872. The molecule has 0 saturated carbocycles. The summed E-state index contributed by atoms with van der Waals surface area (Å²) in [6.45, 7) is 0. The molecule has 2 rings (SSSR count). The zero-order valence-corrected chi connectivity index (χ0v) is 11.1. The van der Waals surface area contributed by atoms with E-state index in [0.29, 0.717) is 4.90 Å². The summed E-state index contributed by atoms with van der Waals surface area (Å²) in [6, 6.07) is 8.13. The third-order valence-electron chi connectivity index (χ3n) is 2.84. The Morgan fingerprint density at radius 3 is 2.28 bits per heavy atom. The number of nitrogens with two attached hydrogens (primary N) is 1. The largest absolute Gasteiger partial charge is 0.319 e. The van der Waals surface area contributed by atoms with Crippen LogP contribution in [0.5, 0.6) is 0 Å². The van der Waals surface area contributed by atoms with E-state index in [-0.39, 0.29) is 6.04 Å². The van der Waals surface area contributed by atoms with E-state index in [1.807, 2.05) is 13.1 Å². The van der Waals surface area contributed by atoms with Crippen molar-refractivity contribution >= 4 is 9.84 Å². The van der Waals surface area contributed by atoms with Crippen molar-refractivity contribution in [3.05, 3.63) is 47.8 Å². The monoisotopic (exact) mass is 265 g/mol. The summed E-state index contributed by atoms with van der Waals surface area (Å²) >= 11 is 0. The number of hydrogen-bond acceptors (Lipinski definition) is 4. The first-order valence-corrected chi connectivity index (χ1v) is 7.32. The van der Waals surface area contributed by atoms with Gasteiger partial charge < -0.3 is 5.73 Å². The number of sulfone groups is 1. The minimum atomic E-state index is -3.17. The molecule has 2 aromatic rings. The van der Waals surface area contributed by atoms with Gasteiger partial charge in [-0.15, -0.1) is 0 Å². The molecule has 0 aliphatic rings. The summed E-state index contributed by atoms with van der Waals surface area (Å²) in [5.41, 5.74) is 7.84. The molecule has 0 aliphatic carbocycles. The van der Waals surface area contributed by atoms with Crippen molar-refractivity contribution in [2.75, 3.05) is 6.26 Å². The Bertz CT molecular complexity index is 644. The van der Waals surface area contributed by atoms with Crippen LogP contribution in [-0.2, 0) is 16.9 Å². The second kappa shape index (κ2) is 4.55. The fourth-order valence-electron chi connectivity index (χ4n) is 1.78. The van der Waals surface area contributed by atoms with Crippen LogP contribution in [-0.4, -0.2) is 24.5 Å². The summed E-state index contributed by atoms with van der Waals surface area (Å²) in [7, 11) is -1.35. The van der Waals surface area contributed by atoms with Gasteiger partial charge in [-0.3, -0.25) is 4.68 Å². The van der Waals surface area contributed by atoms with Crippen molar-refractivity contribution in [3.63, 3.8) is 0 Å². The molecule has 5 nitrogen and oxygen atoms in total. The smallest absolute Gasteiger partial charge is 0.175 e. The molecule has 0 fully saturated rings. The average Bonchev–Trinajstić information content (AvgIpc) is 2.73. The highest BCUT2D eigenvalue weighted by Gasteiger charge is 2.13. The van der Waals surface area contributed by atoms with Gasteiger partial charge in [0, 0.05) is 19.5 Å². The van der Waals surface area contributed by atoms with Crippen LogP contribution < -0.4 is 5.73 Å². The van der Waals surface area contributed by atoms with Crippen LogP contribution in [0.25, 0.3) is 0 Å². The molecule has 0 aliphatic heterocycles. The van der Waals surface area contributed by atoms with Gasteiger partial charge in [0.05, 0.1) is 16.6 Å². The number of nitrogens with zero attached hydrogens (tertiary/aromatic N) is 2. The Morgan fingerprint density at radius 2 is 1.83 bits per heavy atom. The van der Waals surface area contributed by atoms with Gasteiger partial charge in [-0.2, -0.15) is 5.10 Å². The number of benzene rings is 1. The van der Waals surface area contributed by atoms with Crippen molar-refractivity contribution in [1.29, 1.82) is 0 Å². The lowest BCUT2D eigenvalue weighted by Gasteiger charge is -2.12. The maximum atomic E-state index is 11.4. The van der Waals surface area contributed by atoms with Crippen molar-refractivity contribution in [3.8, 4) is 0 Å². The Morgan fingerprint density at radius 1 is 1.22 bits per heavy atom. The topological polar surface area (TPSA) is 78.0 Å². The highest BCUT2D eigenvalue weighted by molar-refractivity contribution is 7.90. The molecule has 0 bridgehead atoms. The van der Waals surface area contributed by atoms with Crippen molar-refractivity contribution < 1.29 is 8.42 Å². The molecule has 1 atom stereocenters. The van der Waals surface area contributed by atoms with Crippen LogP contribution in [0.2, 0.25) is 0 Å². The fraction of sp³-hybridized carbons (Fsp3) is 0.250. The van der Waals surface area contributed by atoms with Gasteiger partial charge in [-0.05, 0) is 23.8 Å². The van der Waals surface area contributed by atoms with E-state index < -0.39 is 9.84 Å². The minimum absolute atomic E-state index is 0.295. The Hall–Kier alpha value is -1.66. The normalized spacial score (nSPS) is 13.5. The highest BCUT2D eigenvalue weighted by atomic mass is 32.2. The van der Waals surface area contributed by atoms with Crippen LogP contribution in [0, 0.1) is 0 Å². The van der Waals surface area contributed by atoms with E-state index in [9.17, 15) is 8.42 Å². The Balaban J connectivity index is 2.33. The first-order valence-electron chi connectivity index (χ1n) is 5.43. The molecule has 0 saturated heterocycles. The van der Waals surface area contributed by atoms with Gasteiger partial charge in [0.25, 0.3) is 0 Å². The Labute approximate surface area is 106 Å². The fourth-order valence-corrected chi connectivity index (χ4v) is 2.41. The molecule has 1 heterocycles. The summed E-state index contributed by atoms with van der Waals surface area (Å²) < 4.78 is 24.4. The quantitative estimate of drug-likeness (QED) is 0.893. The number of aryl methyl sites for hydroxylation is 1. The number of hydrogen-bond donors (Lipinski definition) is 1. The van der Waals surface area contributed by atoms with Crippen LogP contribution in [0.3, 0.4) is 0 Å². The van der Waals surface area contributed by atoms with E-state index in [0.717, 1.165) is 11.3 Å². The third kappa shape index (κ3) is 2.44. The SMILES string of the molecule is Cn1nccc1C(N)c1ccc(S(C)(=O)=O)cc1. The lowest BCUT2D eigenvalue weighted by molar-refractivity contribution is 0.601. The van der Waals surface area contributed by atoms with E-state index >= 15 is 0 Å². The number of aromatic nitrogens is 2. The lowest BCUT2D eigenvalue weighted by atomic mass is 10.1. The molecule has 6 heteroatoms. The maximum absolute atomic E-state index is 11.4. The van der Waals surface area contributed by atoms with Crippen LogP contribution in [0.4, 0.5) is 0 Å². The van der Waals surface area contributed by atoms with Crippen molar-refractivity contribution in [1.82, 2.24) is 9.78 Å². The summed E-state index contributed by atoms with van der Waals surface area (Å²) in [5.74, 6) is 0. The maximum Gasteiger partial charge on any atom is 0.175 e. The summed E-state index contributed by atoms with van der Waals surface area (Å²) in [5, 5.41) is 4.06. The molecule has 1 aromatic carbocycles. The molecule has 1 aromatic heterocycles. The first kappa shape index (κ1) is 12.8. The van der Waals surface area contributed by atoms with Gasteiger partial charge in [0.15, 0.2) is 9.84 Å². The van der Waals surface area contributed by atoms with Crippen molar-refractivity contribution in [2.24, 2.45) is 12.8 Å². The van der Waals surface area contributed by atoms with E-state index in [1.54, 1.807) is 35.1 Å². The zero-order chi connectivity index (χ0) is 13.3. The molecular weight excluding hydrogens is 250 g/mol. The molecule has 0 spiro atoms. The summed E-state index contributed by atoms with van der Waals surface area (Å²) in [4.78, 5) is 0.295. The van der Waals surface area contributed by atoms with Gasteiger partial charge in [-0.25, -0.2) is 8.42 Å². The standard InChI is InChI=1S/C12H15N3O2S/c1-15-11(7-8-14-15)12(13)9-3-5-10(6-4-9)18(2,16)17/h3-8,12H,13H2,1-2H3. The first-order chi connectivity index (χ1) is 8.39. The average molecular weight is 265 g/mol. The predicted molar refractivity (Wildman–Crippen MR) is 68.8 cm³/mol. The van der Waals surface area contributed by atoms with Crippen LogP contribution in [0.15, 0.2) is 41.4 Å². The van der Waals surface area contributed by atoms with Gasteiger partial charge in [-0.1, -0.05) is 12.1 Å². The molecule has 18 heavy (non-hydrogen) atoms. The summed E-state index contributed by atoms with van der Waals surface area (Å²) in [6.07, 6.45) is 2.86. The zero-order valence-electron chi connectivity index (χ0n) is 10.2.